The molecule has 0 saturated carbocycles. The first-order chi connectivity index (χ1) is 27.8. The van der Waals surface area contributed by atoms with Gasteiger partial charge in [0.05, 0.1) is 39.6 Å². The van der Waals surface area contributed by atoms with E-state index in [1.54, 1.807) is 12.1 Å². The maximum Gasteiger partial charge on any atom is 0.465 e. The van der Waals surface area contributed by atoms with Crippen molar-refractivity contribution in [3.05, 3.63) is 144 Å². The zero-order chi connectivity index (χ0) is 41.2. The van der Waals surface area contributed by atoms with Crippen LogP contribution >= 0.6 is 0 Å². The van der Waals surface area contributed by atoms with Crippen LogP contribution < -0.4 is 10.6 Å². The first kappa shape index (κ1) is 42.6. The van der Waals surface area contributed by atoms with Gasteiger partial charge in [-0.15, -0.1) is 0 Å². The average Bonchev–Trinajstić information content (AvgIpc) is 3.58. The second kappa shape index (κ2) is 19.1. The maximum atomic E-state index is 13.5. The number of urea groups is 1. The Morgan fingerprint density at radius 2 is 1.05 bits per heavy atom. The Balaban J connectivity index is 1.27. The van der Waals surface area contributed by atoms with Gasteiger partial charge in [-0.05, 0) is 22.3 Å². The SMILES string of the molecule is O=C(NC[C@@H]1OC(C(F)(F)F)(C(F)(F)F)OC1=O)NC1O[C@H](COCc2ccccc2)[C@@H](OCc2ccccc2)[C@H](OCc2ccccc2)[C@@H]1OCc1ccccc1. The summed E-state index contributed by atoms with van der Waals surface area (Å²) < 4.78 is 121. The molecule has 0 spiro atoms. The van der Waals surface area contributed by atoms with E-state index in [1.807, 2.05) is 109 Å². The molecular formula is C41H40F6N2O9. The van der Waals surface area contributed by atoms with E-state index in [9.17, 15) is 35.9 Å². The van der Waals surface area contributed by atoms with Gasteiger partial charge in [0.2, 0.25) is 0 Å². The largest absolute Gasteiger partial charge is 0.465 e. The number of rotatable bonds is 16. The Hall–Kier alpha value is -5.04. The van der Waals surface area contributed by atoms with Crippen molar-refractivity contribution >= 4 is 12.0 Å². The summed E-state index contributed by atoms with van der Waals surface area (Å²) in [6.45, 7) is -0.833. The molecule has 2 heterocycles. The van der Waals surface area contributed by atoms with Crippen molar-refractivity contribution in [3.63, 3.8) is 0 Å². The van der Waals surface area contributed by atoms with Crippen LogP contribution in [0.15, 0.2) is 121 Å². The lowest BCUT2D eigenvalue weighted by Crippen LogP contribution is -2.66. The lowest BCUT2D eigenvalue weighted by molar-refractivity contribution is -0.439. The third-order valence-electron chi connectivity index (χ3n) is 9.17. The van der Waals surface area contributed by atoms with Crippen LogP contribution in [-0.2, 0) is 64.4 Å². The lowest BCUT2D eigenvalue weighted by Gasteiger charge is -2.46. The minimum absolute atomic E-state index is 0.000830. The Bertz CT molecular complexity index is 1880. The van der Waals surface area contributed by atoms with Crippen LogP contribution in [0.4, 0.5) is 31.1 Å². The zero-order valence-electron chi connectivity index (χ0n) is 30.7. The molecular weight excluding hydrogens is 778 g/mol. The Morgan fingerprint density at radius 1 is 0.621 bits per heavy atom. The minimum atomic E-state index is -6.16. The Morgan fingerprint density at radius 3 is 1.50 bits per heavy atom. The molecule has 0 bridgehead atoms. The molecule has 2 amide bonds. The highest BCUT2D eigenvalue weighted by molar-refractivity contribution is 5.79. The van der Waals surface area contributed by atoms with Crippen molar-refractivity contribution < 1.29 is 69.1 Å². The van der Waals surface area contributed by atoms with Crippen LogP contribution in [0.3, 0.4) is 0 Å². The fraction of sp³-hybridized carbons (Fsp3) is 0.366. The number of esters is 1. The van der Waals surface area contributed by atoms with Gasteiger partial charge in [-0.2, -0.15) is 26.3 Å². The van der Waals surface area contributed by atoms with Gasteiger partial charge in [-0.3, -0.25) is 0 Å². The van der Waals surface area contributed by atoms with Crippen LogP contribution in [0.25, 0.3) is 0 Å². The van der Waals surface area contributed by atoms with Crippen molar-refractivity contribution in [2.75, 3.05) is 13.2 Å². The van der Waals surface area contributed by atoms with Crippen molar-refractivity contribution in [2.45, 2.75) is 81.3 Å². The van der Waals surface area contributed by atoms with Gasteiger partial charge in [0.25, 0.3) is 0 Å². The predicted molar refractivity (Wildman–Crippen MR) is 192 cm³/mol. The highest BCUT2D eigenvalue weighted by atomic mass is 19.4. The molecule has 4 aromatic rings. The predicted octanol–water partition coefficient (Wildman–Crippen LogP) is 6.75. The first-order valence-electron chi connectivity index (χ1n) is 18.1. The lowest BCUT2D eigenvalue weighted by atomic mass is 9.97. The van der Waals surface area contributed by atoms with Crippen LogP contribution in [-0.4, -0.2) is 80.0 Å². The second-order valence-electron chi connectivity index (χ2n) is 13.4. The number of hydrogen-bond acceptors (Lipinski definition) is 9. The zero-order valence-corrected chi connectivity index (χ0v) is 30.7. The monoisotopic (exact) mass is 818 g/mol. The number of nitrogens with one attached hydrogen (secondary N) is 2. The topological polar surface area (TPSA) is 123 Å². The summed E-state index contributed by atoms with van der Waals surface area (Å²) in [5.74, 6) is -7.18. The number of alkyl halides is 6. The van der Waals surface area contributed by atoms with Gasteiger partial charge < -0.3 is 43.8 Å². The van der Waals surface area contributed by atoms with E-state index < -0.39 is 73.4 Å². The van der Waals surface area contributed by atoms with Crippen LogP contribution in [0.2, 0.25) is 0 Å². The van der Waals surface area contributed by atoms with Gasteiger partial charge in [-0.1, -0.05) is 121 Å². The summed E-state index contributed by atoms with van der Waals surface area (Å²) in [5.41, 5.74) is 3.25. The highest BCUT2D eigenvalue weighted by Gasteiger charge is 2.80. The first-order valence-corrected chi connectivity index (χ1v) is 18.1. The van der Waals surface area contributed by atoms with Gasteiger partial charge in [-0.25, -0.2) is 9.59 Å². The molecule has 2 saturated heterocycles. The van der Waals surface area contributed by atoms with Crippen molar-refractivity contribution in [2.24, 2.45) is 0 Å². The number of ether oxygens (including phenoxy) is 7. The molecule has 6 atom stereocenters. The van der Waals surface area contributed by atoms with Crippen molar-refractivity contribution in [3.8, 4) is 0 Å². The Labute approximate surface area is 329 Å². The third-order valence-corrected chi connectivity index (χ3v) is 9.17. The summed E-state index contributed by atoms with van der Waals surface area (Å²) >= 11 is 0. The normalized spacial score (nSPS) is 23.2. The molecule has 17 heteroatoms. The van der Waals surface area contributed by atoms with Crippen LogP contribution in [0.5, 0.6) is 0 Å². The number of carbonyl (C=O) groups excluding carboxylic acids is 2. The van der Waals surface area contributed by atoms with E-state index in [0.29, 0.717) is 0 Å². The van der Waals surface area contributed by atoms with Gasteiger partial charge >= 0.3 is 30.1 Å². The molecule has 58 heavy (non-hydrogen) atoms. The van der Waals surface area contributed by atoms with Crippen molar-refractivity contribution in [1.82, 2.24) is 10.6 Å². The highest BCUT2D eigenvalue weighted by Crippen LogP contribution is 2.50. The number of halogens is 6. The molecule has 1 unspecified atom stereocenters. The molecule has 2 N–H and O–H groups in total. The van der Waals surface area contributed by atoms with Gasteiger partial charge in [0, 0.05) is 0 Å². The molecule has 2 fully saturated rings. The summed E-state index contributed by atoms with van der Waals surface area (Å²) in [6, 6.07) is 35.7. The third kappa shape index (κ3) is 10.7. The van der Waals surface area contributed by atoms with Crippen LogP contribution in [0.1, 0.15) is 22.3 Å². The number of amides is 2. The second-order valence-corrected chi connectivity index (χ2v) is 13.4. The number of hydrogen-bond donors (Lipinski definition) is 2. The fourth-order valence-corrected chi connectivity index (χ4v) is 6.29. The molecule has 2 aliphatic heterocycles. The number of carbonyl (C=O) groups is 2. The van der Waals surface area contributed by atoms with E-state index >= 15 is 0 Å². The quantitative estimate of drug-likeness (QED) is 0.0935. The number of benzene rings is 4. The molecule has 11 nitrogen and oxygen atoms in total. The minimum Gasteiger partial charge on any atom is -0.414 e. The number of cyclic esters (lactones) is 1. The van der Waals surface area contributed by atoms with E-state index in [-0.39, 0.29) is 33.0 Å². The van der Waals surface area contributed by atoms with E-state index in [1.165, 1.54) is 0 Å². The molecule has 6 rings (SSSR count). The summed E-state index contributed by atoms with van der Waals surface area (Å²) in [6.07, 6.45) is -20.1. The van der Waals surface area contributed by atoms with E-state index in [2.05, 4.69) is 20.1 Å². The van der Waals surface area contributed by atoms with E-state index in [0.717, 1.165) is 22.3 Å². The smallest absolute Gasteiger partial charge is 0.414 e. The van der Waals surface area contributed by atoms with E-state index in [4.69, 9.17) is 23.7 Å². The molecule has 0 radical (unpaired) electrons. The summed E-state index contributed by atoms with van der Waals surface area (Å²) in [4.78, 5) is 25.6. The molecule has 310 valence electrons. The average molecular weight is 819 g/mol. The fourth-order valence-electron chi connectivity index (χ4n) is 6.29. The molecule has 2 aliphatic rings. The Kier molecular flexibility index (Phi) is 14.0. The maximum absolute atomic E-state index is 13.5. The standard InChI is InChI=1S/C41H40F6N2O9/c42-40(43,44)39(41(45,46)47)57-31(37(50)58-39)21-48-38(51)49-36-35(55-25-30-19-11-4-12-20-30)34(54-24-29-17-9-3-10-18-29)33(53-23-28-15-7-2-8-16-28)32(56-36)26-52-22-27-13-5-1-6-14-27/h1-20,31-36H,21-26H2,(H2,48,49,51)/t31-,32+,33+,34-,35-,36?/m0/s1. The summed E-state index contributed by atoms with van der Waals surface area (Å²) in [5, 5.41) is 4.64. The molecule has 0 aromatic heterocycles. The van der Waals surface area contributed by atoms with Gasteiger partial charge in [0.1, 0.15) is 24.4 Å². The molecule has 0 aliphatic carbocycles. The van der Waals surface area contributed by atoms with Crippen molar-refractivity contribution in [1.29, 1.82) is 0 Å². The summed E-state index contributed by atoms with van der Waals surface area (Å²) in [7, 11) is 0. The van der Waals surface area contributed by atoms with Gasteiger partial charge in [0.15, 0.2) is 12.3 Å². The van der Waals surface area contributed by atoms with Crippen LogP contribution in [0, 0.1) is 0 Å². The molecule has 4 aromatic carbocycles.